The minimum atomic E-state index is -4.47. The van der Waals surface area contributed by atoms with Gasteiger partial charge in [0.2, 0.25) is 11.8 Å². The van der Waals surface area contributed by atoms with Crippen molar-refractivity contribution in [3.63, 3.8) is 0 Å². The third-order valence-corrected chi connectivity index (χ3v) is 6.02. The molecule has 1 aromatic heterocycles. The molecule has 0 aromatic carbocycles. The van der Waals surface area contributed by atoms with Crippen molar-refractivity contribution in [2.75, 3.05) is 24.7 Å². The fourth-order valence-corrected chi connectivity index (χ4v) is 4.01. The molecule has 0 radical (unpaired) electrons. The monoisotopic (exact) mass is 416 g/mol. The Bertz CT molecular complexity index is 715. The van der Waals surface area contributed by atoms with Crippen molar-refractivity contribution in [1.82, 2.24) is 4.98 Å². The topological polar surface area (TPSA) is 71.9 Å². The van der Waals surface area contributed by atoms with Crippen LogP contribution in [-0.4, -0.2) is 53.6 Å². The van der Waals surface area contributed by atoms with Gasteiger partial charge in [-0.3, -0.25) is 4.79 Å². The first-order valence-corrected chi connectivity index (χ1v) is 9.90. The number of rotatable bonds is 6. The molecule has 2 heterocycles. The number of halogens is 3. The smallest absolute Gasteiger partial charge is 0.425 e. The highest BCUT2D eigenvalue weighted by atomic mass is 19.4. The lowest BCUT2D eigenvalue weighted by molar-refractivity contribution is -0.189. The summed E-state index contributed by atoms with van der Waals surface area (Å²) in [5.74, 6) is -0.159. The molecule has 1 amide bonds. The first-order chi connectivity index (χ1) is 13.6. The molecular formula is C20H27F3N2O4. The van der Waals surface area contributed by atoms with Crippen molar-refractivity contribution in [3.8, 4) is 5.88 Å². The third kappa shape index (κ3) is 4.66. The van der Waals surface area contributed by atoms with Crippen LogP contribution in [0.25, 0.3) is 0 Å². The first kappa shape index (κ1) is 21.8. The molecule has 1 N–H and O–H groups in total. The van der Waals surface area contributed by atoms with Gasteiger partial charge in [0.15, 0.2) is 6.10 Å². The Morgan fingerprint density at radius 3 is 2.48 bits per heavy atom. The van der Waals surface area contributed by atoms with Crippen molar-refractivity contribution in [2.45, 2.75) is 63.8 Å². The Morgan fingerprint density at radius 2 is 1.93 bits per heavy atom. The molecular weight excluding hydrogens is 389 g/mol. The van der Waals surface area contributed by atoms with E-state index in [9.17, 15) is 23.1 Å². The highest BCUT2D eigenvalue weighted by Crippen LogP contribution is 2.48. The van der Waals surface area contributed by atoms with Gasteiger partial charge in [-0.05, 0) is 52.0 Å². The number of aromatic nitrogens is 1. The quantitative estimate of drug-likeness (QED) is 0.769. The summed E-state index contributed by atoms with van der Waals surface area (Å²) in [6.45, 7) is 4.12. The van der Waals surface area contributed by atoms with Crippen molar-refractivity contribution in [2.24, 2.45) is 5.41 Å². The molecule has 3 rings (SSSR count). The number of anilines is 1. The number of carbonyl (C=O) groups excluding carboxylic acids is 1. The molecule has 2 fully saturated rings. The number of carbonyl (C=O) groups is 1. The van der Waals surface area contributed by atoms with Gasteiger partial charge < -0.3 is 19.5 Å². The van der Waals surface area contributed by atoms with E-state index < -0.39 is 23.3 Å². The van der Waals surface area contributed by atoms with Gasteiger partial charge in [0.25, 0.3) is 0 Å². The maximum absolute atomic E-state index is 13.1. The zero-order chi connectivity index (χ0) is 21.3. The SMILES string of the molecule is CCOC[C@]1(O)CC[C@@]2(CCN(c3ccc(O[C@@H](C)C(F)(F)F)nc3)C2=O)CC1. The Hall–Kier alpha value is -1.87. The van der Waals surface area contributed by atoms with Crippen LogP contribution in [0, 0.1) is 5.41 Å². The van der Waals surface area contributed by atoms with E-state index in [1.54, 1.807) is 11.0 Å². The molecule has 1 aliphatic carbocycles. The molecule has 1 aromatic rings. The molecule has 1 saturated heterocycles. The second kappa shape index (κ2) is 8.10. The van der Waals surface area contributed by atoms with E-state index in [0.29, 0.717) is 50.9 Å². The lowest BCUT2D eigenvalue weighted by atomic mass is 9.68. The molecule has 1 spiro atoms. The highest BCUT2D eigenvalue weighted by Gasteiger charge is 2.51. The zero-order valence-electron chi connectivity index (χ0n) is 16.7. The zero-order valence-corrected chi connectivity index (χ0v) is 16.7. The van der Waals surface area contributed by atoms with Crippen LogP contribution in [0.2, 0.25) is 0 Å². The van der Waals surface area contributed by atoms with E-state index in [1.165, 1.54) is 12.3 Å². The van der Waals surface area contributed by atoms with Gasteiger partial charge in [-0.15, -0.1) is 0 Å². The number of alkyl halides is 3. The van der Waals surface area contributed by atoms with Crippen molar-refractivity contribution in [3.05, 3.63) is 18.3 Å². The fraction of sp³-hybridized carbons (Fsp3) is 0.700. The van der Waals surface area contributed by atoms with E-state index in [0.717, 1.165) is 6.92 Å². The van der Waals surface area contributed by atoms with Crippen LogP contribution < -0.4 is 9.64 Å². The Balaban J connectivity index is 1.63. The highest BCUT2D eigenvalue weighted by molar-refractivity contribution is 5.99. The van der Waals surface area contributed by atoms with Crippen LogP contribution in [0.3, 0.4) is 0 Å². The Kier molecular flexibility index (Phi) is 6.10. The van der Waals surface area contributed by atoms with Gasteiger partial charge in [-0.2, -0.15) is 13.2 Å². The molecule has 162 valence electrons. The van der Waals surface area contributed by atoms with Crippen LogP contribution >= 0.6 is 0 Å². The number of ether oxygens (including phenoxy) is 2. The Morgan fingerprint density at radius 1 is 1.24 bits per heavy atom. The van der Waals surface area contributed by atoms with Gasteiger partial charge in [0, 0.05) is 19.2 Å². The second-order valence-electron chi connectivity index (χ2n) is 8.00. The molecule has 0 bridgehead atoms. The molecule has 1 aliphatic heterocycles. The second-order valence-corrected chi connectivity index (χ2v) is 8.00. The average molecular weight is 416 g/mol. The molecule has 1 atom stereocenters. The number of aliphatic hydroxyl groups is 1. The number of pyridine rings is 1. The van der Waals surface area contributed by atoms with Crippen molar-refractivity contribution in [1.29, 1.82) is 0 Å². The number of nitrogens with zero attached hydrogens (tertiary/aromatic N) is 2. The van der Waals surface area contributed by atoms with Gasteiger partial charge in [-0.1, -0.05) is 0 Å². The van der Waals surface area contributed by atoms with Crippen LogP contribution in [0.4, 0.5) is 18.9 Å². The molecule has 29 heavy (non-hydrogen) atoms. The normalized spacial score (nSPS) is 28.8. The van der Waals surface area contributed by atoms with E-state index in [1.807, 2.05) is 6.92 Å². The summed E-state index contributed by atoms with van der Waals surface area (Å²) in [5, 5.41) is 10.6. The average Bonchev–Trinajstić information content (AvgIpc) is 2.99. The predicted octanol–water partition coefficient (Wildman–Crippen LogP) is 3.48. The summed E-state index contributed by atoms with van der Waals surface area (Å²) in [6, 6.07) is 2.90. The number of amides is 1. The summed E-state index contributed by atoms with van der Waals surface area (Å²) < 4.78 is 48.0. The molecule has 1 saturated carbocycles. The Labute approximate surface area is 168 Å². The van der Waals surface area contributed by atoms with Crippen molar-refractivity contribution < 1.29 is 32.5 Å². The lowest BCUT2D eigenvalue weighted by Crippen LogP contribution is -2.45. The summed E-state index contributed by atoms with van der Waals surface area (Å²) in [6.07, 6.45) is -2.20. The minimum Gasteiger partial charge on any atom is -0.465 e. The minimum absolute atomic E-state index is 0.0184. The predicted molar refractivity (Wildman–Crippen MR) is 99.7 cm³/mol. The van der Waals surface area contributed by atoms with Gasteiger partial charge in [0.1, 0.15) is 0 Å². The molecule has 6 nitrogen and oxygen atoms in total. The van der Waals surface area contributed by atoms with E-state index >= 15 is 0 Å². The standard InChI is InChI=1S/C20H27F3N2O4/c1-3-28-13-19(27)8-6-18(7-9-19)10-11-25(17(18)26)15-4-5-16(24-12-15)29-14(2)20(21,22)23/h4-5,12,14,27H,3,6-11,13H2,1-2H3/t14-,18-,19-/m0/s1. The maximum Gasteiger partial charge on any atom is 0.425 e. The van der Waals surface area contributed by atoms with Gasteiger partial charge >= 0.3 is 6.18 Å². The van der Waals surface area contributed by atoms with E-state index in [-0.39, 0.29) is 18.4 Å². The van der Waals surface area contributed by atoms with Crippen molar-refractivity contribution >= 4 is 11.6 Å². The summed E-state index contributed by atoms with van der Waals surface area (Å²) >= 11 is 0. The van der Waals surface area contributed by atoms with Gasteiger partial charge in [-0.25, -0.2) is 4.98 Å². The van der Waals surface area contributed by atoms with Crippen LogP contribution in [0.1, 0.15) is 46.0 Å². The summed E-state index contributed by atoms with van der Waals surface area (Å²) in [4.78, 5) is 18.7. The van der Waals surface area contributed by atoms with E-state index in [4.69, 9.17) is 9.47 Å². The summed E-state index contributed by atoms with van der Waals surface area (Å²) in [5.41, 5.74) is -0.850. The molecule has 9 heteroatoms. The largest absolute Gasteiger partial charge is 0.465 e. The van der Waals surface area contributed by atoms with E-state index in [2.05, 4.69) is 4.98 Å². The summed E-state index contributed by atoms with van der Waals surface area (Å²) in [7, 11) is 0. The maximum atomic E-state index is 13.1. The van der Waals surface area contributed by atoms with Gasteiger partial charge in [0.05, 0.1) is 29.5 Å². The number of hydrogen-bond acceptors (Lipinski definition) is 5. The number of hydrogen-bond donors (Lipinski definition) is 1. The lowest BCUT2D eigenvalue weighted by Gasteiger charge is -2.40. The van der Waals surface area contributed by atoms with Crippen LogP contribution in [-0.2, 0) is 9.53 Å². The third-order valence-electron chi connectivity index (χ3n) is 6.02. The molecule has 2 aliphatic rings. The first-order valence-electron chi connectivity index (χ1n) is 9.90. The van der Waals surface area contributed by atoms with Crippen LogP contribution in [0.15, 0.2) is 18.3 Å². The van der Waals surface area contributed by atoms with Crippen LogP contribution in [0.5, 0.6) is 5.88 Å². The fourth-order valence-electron chi connectivity index (χ4n) is 4.01. The molecule has 0 unspecified atom stereocenters.